The fourth-order valence-corrected chi connectivity index (χ4v) is 2.74. The van der Waals surface area contributed by atoms with Gasteiger partial charge in [0.1, 0.15) is 0 Å². The largest absolute Gasteiger partial charge is 0.451 e. The van der Waals surface area contributed by atoms with Crippen molar-refractivity contribution in [1.29, 1.82) is 0 Å². The summed E-state index contributed by atoms with van der Waals surface area (Å²) >= 11 is 0. The third kappa shape index (κ3) is 1.86. The van der Waals surface area contributed by atoms with Gasteiger partial charge in [0, 0.05) is 30.1 Å². The minimum atomic E-state index is -0.535. The number of amides is 1. The Morgan fingerprint density at radius 1 is 1.40 bits per heavy atom. The van der Waals surface area contributed by atoms with E-state index in [1.807, 2.05) is 25.3 Å². The fraction of sp³-hybridized carbons (Fsp3) is 0.333. The first-order valence-electron chi connectivity index (χ1n) is 6.62. The number of rotatable bonds is 2. The van der Waals surface area contributed by atoms with Gasteiger partial charge in [-0.2, -0.15) is 0 Å². The zero-order valence-electron chi connectivity index (χ0n) is 11.7. The number of aromatic amines is 1. The molecular weight excluding hydrogens is 254 g/mol. The van der Waals surface area contributed by atoms with Crippen molar-refractivity contribution in [2.45, 2.75) is 25.9 Å². The molecule has 0 saturated carbocycles. The summed E-state index contributed by atoms with van der Waals surface area (Å²) in [6, 6.07) is 6.42. The minimum Gasteiger partial charge on any atom is -0.451 e. The number of hydrogen-bond donors (Lipinski definition) is 2. The molecule has 2 N–H and O–H groups in total. The molecule has 5 nitrogen and oxygen atoms in total. The number of H-pyrrole nitrogens is 1. The van der Waals surface area contributed by atoms with Crippen LogP contribution in [0.2, 0.25) is 0 Å². The van der Waals surface area contributed by atoms with Crippen molar-refractivity contribution in [3.8, 4) is 0 Å². The van der Waals surface area contributed by atoms with Crippen LogP contribution in [0.3, 0.4) is 0 Å². The van der Waals surface area contributed by atoms with E-state index in [1.165, 1.54) is 10.9 Å². The Hall–Kier alpha value is -2.30. The third-order valence-electron chi connectivity index (χ3n) is 3.82. The van der Waals surface area contributed by atoms with Crippen molar-refractivity contribution >= 4 is 22.8 Å². The maximum absolute atomic E-state index is 12.0. The molecule has 1 aliphatic rings. The molecule has 2 heterocycles. The van der Waals surface area contributed by atoms with E-state index in [0.717, 1.165) is 11.1 Å². The summed E-state index contributed by atoms with van der Waals surface area (Å²) in [5.74, 6) is -0.190. The average Bonchev–Trinajstić information content (AvgIpc) is 3.02. The topological polar surface area (TPSA) is 66.5 Å². The van der Waals surface area contributed by atoms with Crippen LogP contribution in [0.15, 0.2) is 29.4 Å². The van der Waals surface area contributed by atoms with Gasteiger partial charge < -0.3 is 9.72 Å². The van der Waals surface area contributed by atoms with Gasteiger partial charge in [-0.25, -0.2) is 4.99 Å². The molecule has 20 heavy (non-hydrogen) atoms. The third-order valence-corrected chi connectivity index (χ3v) is 3.82. The molecule has 104 valence electrons. The summed E-state index contributed by atoms with van der Waals surface area (Å²) in [6.07, 6.45) is 1.42. The van der Waals surface area contributed by atoms with Crippen LogP contribution in [0.25, 0.3) is 10.9 Å². The first-order chi connectivity index (χ1) is 9.61. The Labute approximate surface area is 117 Å². The quantitative estimate of drug-likeness (QED) is 0.878. The van der Waals surface area contributed by atoms with Gasteiger partial charge in [0.25, 0.3) is 11.9 Å². The molecule has 3 rings (SSSR count). The molecule has 1 aromatic carbocycles. The summed E-state index contributed by atoms with van der Waals surface area (Å²) in [6.45, 7) is 4.07. The monoisotopic (exact) mass is 271 g/mol. The highest BCUT2D eigenvalue weighted by molar-refractivity contribution is 6.03. The predicted molar refractivity (Wildman–Crippen MR) is 77.8 cm³/mol. The van der Waals surface area contributed by atoms with Crippen LogP contribution in [-0.4, -0.2) is 30.1 Å². The number of amidine groups is 1. The summed E-state index contributed by atoms with van der Waals surface area (Å²) in [7, 11) is 1.60. The number of ether oxygens (including phenoxy) is 1. The summed E-state index contributed by atoms with van der Waals surface area (Å²) in [5, 5.41) is 3.80. The van der Waals surface area contributed by atoms with Gasteiger partial charge in [-0.05, 0) is 24.1 Å². The fourth-order valence-electron chi connectivity index (χ4n) is 2.74. The standard InChI is InChI=1S/C15H17N3O2/c1-8-5-4-6-11-12(8)10(7-17-11)9(2)13-14(19)18-15(16-3)20-13/h4-7,9,13,17H,1-3H3,(H,16,18,19)/t9-,13+/m1/s1. The molecule has 1 amide bonds. The number of nitrogens with one attached hydrogen (secondary N) is 2. The second-order valence-corrected chi connectivity index (χ2v) is 5.09. The number of aromatic nitrogens is 1. The predicted octanol–water partition coefficient (Wildman–Crippen LogP) is 2.08. The first kappa shape index (κ1) is 12.7. The van der Waals surface area contributed by atoms with Gasteiger partial charge in [0.15, 0.2) is 6.10 Å². The van der Waals surface area contributed by atoms with Crippen molar-refractivity contribution in [2.24, 2.45) is 4.99 Å². The highest BCUT2D eigenvalue weighted by atomic mass is 16.5. The number of fused-ring (bicyclic) bond motifs is 1. The number of hydrogen-bond acceptors (Lipinski definition) is 3. The molecule has 0 aliphatic carbocycles. The lowest BCUT2D eigenvalue weighted by molar-refractivity contribution is -0.124. The van der Waals surface area contributed by atoms with Gasteiger partial charge in [0.05, 0.1) is 0 Å². The number of aryl methyl sites for hydroxylation is 1. The molecule has 0 bridgehead atoms. The maximum Gasteiger partial charge on any atom is 0.292 e. The lowest BCUT2D eigenvalue weighted by Gasteiger charge is -2.16. The number of carbonyl (C=O) groups excluding carboxylic acids is 1. The van der Waals surface area contributed by atoms with Gasteiger partial charge in [-0.15, -0.1) is 0 Å². The molecule has 1 saturated heterocycles. The number of aliphatic imine (C=N–C) groups is 1. The Morgan fingerprint density at radius 2 is 2.20 bits per heavy atom. The van der Waals surface area contributed by atoms with Crippen molar-refractivity contribution in [2.75, 3.05) is 7.05 Å². The van der Waals surface area contributed by atoms with E-state index in [4.69, 9.17) is 4.74 Å². The first-order valence-corrected chi connectivity index (χ1v) is 6.62. The van der Waals surface area contributed by atoms with Gasteiger partial charge in [-0.1, -0.05) is 19.1 Å². The minimum absolute atomic E-state index is 0.0518. The van der Waals surface area contributed by atoms with E-state index in [9.17, 15) is 4.79 Å². The molecule has 5 heteroatoms. The van der Waals surface area contributed by atoms with Gasteiger partial charge in [0.2, 0.25) is 0 Å². The van der Waals surface area contributed by atoms with Crippen molar-refractivity contribution in [1.82, 2.24) is 10.3 Å². The average molecular weight is 271 g/mol. The van der Waals surface area contributed by atoms with Crippen LogP contribution in [0.4, 0.5) is 0 Å². The zero-order valence-corrected chi connectivity index (χ0v) is 11.7. The Bertz CT molecular complexity index is 702. The summed E-state index contributed by atoms with van der Waals surface area (Å²) in [5.41, 5.74) is 3.36. The number of carbonyl (C=O) groups is 1. The molecule has 1 aromatic heterocycles. The van der Waals surface area contributed by atoms with Crippen LogP contribution in [-0.2, 0) is 9.53 Å². The van der Waals surface area contributed by atoms with Crippen molar-refractivity contribution in [3.05, 3.63) is 35.5 Å². The Kier molecular flexibility index (Phi) is 2.97. The smallest absolute Gasteiger partial charge is 0.292 e. The van der Waals surface area contributed by atoms with Crippen LogP contribution in [0.1, 0.15) is 24.0 Å². The van der Waals surface area contributed by atoms with Crippen LogP contribution in [0, 0.1) is 6.92 Å². The van der Waals surface area contributed by atoms with E-state index in [-0.39, 0.29) is 11.8 Å². The molecule has 2 aromatic rings. The zero-order chi connectivity index (χ0) is 14.3. The molecular formula is C15H17N3O2. The Balaban J connectivity index is 2.01. The van der Waals surface area contributed by atoms with E-state index in [0.29, 0.717) is 6.02 Å². The van der Waals surface area contributed by atoms with Crippen molar-refractivity contribution < 1.29 is 9.53 Å². The van der Waals surface area contributed by atoms with Crippen molar-refractivity contribution in [3.63, 3.8) is 0 Å². The second-order valence-electron chi connectivity index (χ2n) is 5.09. The normalized spacial score (nSPS) is 22.1. The number of nitrogens with zero attached hydrogens (tertiary/aromatic N) is 1. The van der Waals surface area contributed by atoms with Crippen LogP contribution in [0.5, 0.6) is 0 Å². The van der Waals surface area contributed by atoms with E-state index in [1.54, 1.807) is 7.05 Å². The number of benzene rings is 1. The molecule has 0 spiro atoms. The summed E-state index contributed by atoms with van der Waals surface area (Å²) in [4.78, 5) is 19.1. The van der Waals surface area contributed by atoms with E-state index >= 15 is 0 Å². The second kappa shape index (κ2) is 4.67. The highest BCUT2D eigenvalue weighted by Crippen LogP contribution is 2.32. The molecule has 1 aliphatic heterocycles. The van der Waals surface area contributed by atoms with E-state index < -0.39 is 6.10 Å². The van der Waals surface area contributed by atoms with Gasteiger partial charge in [-0.3, -0.25) is 10.1 Å². The van der Waals surface area contributed by atoms with Gasteiger partial charge >= 0.3 is 0 Å². The molecule has 0 radical (unpaired) electrons. The lowest BCUT2D eigenvalue weighted by Crippen LogP contribution is -2.28. The SMILES string of the molecule is CN=C1NC(=O)[C@H]([C@H](C)c2c[nH]c3cccc(C)c23)O1. The van der Waals surface area contributed by atoms with Crippen LogP contribution < -0.4 is 5.32 Å². The molecule has 2 atom stereocenters. The lowest BCUT2D eigenvalue weighted by atomic mass is 9.93. The van der Waals surface area contributed by atoms with Crippen LogP contribution >= 0.6 is 0 Å². The van der Waals surface area contributed by atoms with E-state index in [2.05, 4.69) is 28.3 Å². The molecule has 1 fully saturated rings. The molecule has 0 unspecified atom stereocenters. The summed E-state index contributed by atoms with van der Waals surface area (Å²) < 4.78 is 5.57. The highest BCUT2D eigenvalue weighted by Gasteiger charge is 2.36. The maximum atomic E-state index is 12.0. The Morgan fingerprint density at radius 3 is 2.90 bits per heavy atom.